The molecular weight excluding hydrogens is 208 g/mol. The summed E-state index contributed by atoms with van der Waals surface area (Å²) in [6.07, 6.45) is 1.85. The van der Waals surface area contributed by atoms with E-state index in [1.165, 1.54) is 4.88 Å². The summed E-state index contributed by atoms with van der Waals surface area (Å²) >= 11 is 1.75. The average Bonchev–Trinajstić information content (AvgIpc) is 2.44. The molecule has 0 spiro atoms. The lowest BCUT2D eigenvalue weighted by atomic mass is 9.82. The fourth-order valence-electron chi connectivity index (χ4n) is 1.93. The molecule has 1 saturated carbocycles. The van der Waals surface area contributed by atoms with Gasteiger partial charge in [0.25, 0.3) is 0 Å². The number of aliphatic hydroxyl groups is 1. The van der Waals surface area contributed by atoms with Crippen LogP contribution in [0.15, 0.2) is 0 Å². The van der Waals surface area contributed by atoms with Gasteiger partial charge in [-0.05, 0) is 32.6 Å². The first-order chi connectivity index (χ1) is 7.06. The van der Waals surface area contributed by atoms with Crippen LogP contribution in [0.4, 0.5) is 5.13 Å². The average molecular weight is 226 g/mol. The molecule has 3 nitrogen and oxygen atoms in total. The Morgan fingerprint density at radius 1 is 1.47 bits per heavy atom. The summed E-state index contributed by atoms with van der Waals surface area (Å²) in [7, 11) is 2.09. The molecule has 0 bridgehead atoms. The van der Waals surface area contributed by atoms with Crippen LogP contribution in [0.25, 0.3) is 0 Å². The van der Waals surface area contributed by atoms with Crippen LogP contribution in [0.2, 0.25) is 0 Å². The first kappa shape index (κ1) is 10.9. The van der Waals surface area contributed by atoms with E-state index in [-0.39, 0.29) is 6.10 Å². The van der Waals surface area contributed by atoms with Crippen molar-refractivity contribution in [3.63, 3.8) is 0 Å². The minimum atomic E-state index is -0.0526. The van der Waals surface area contributed by atoms with Gasteiger partial charge in [-0.2, -0.15) is 0 Å². The van der Waals surface area contributed by atoms with Crippen molar-refractivity contribution in [3.8, 4) is 0 Å². The Kier molecular flexibility index (Phi) is 2.98. The quantitative estimate of drug-likeness (QED) is 0.856. The van der Waals surface area contributed by atoms with Crippen LogP contribution < -0.4 is 4.90 Å². The highest BCUT2D eigenvalue weighted by molar-refractivity contribution is 7.15. The molecule has 0 atom stereocenters. The molecule has 0 aromatic carbocycles. The van der Waals surface area contributed by atoms with E-state index in [0.717, 1.165) is 30.2 Å². The first-order valence-electron chi connectivity index (χ1n) is 5.39. The van der Waals surface area contributed by atoms with E-state index in [2.05, 4.69) is 30.8 Å². The Morgan fingerprint density at radius 3 is 2.60 bits per heavy atom. The van der Waals surface area contributed by atoms with Gasteiger partial charge in [0, 0.05) is 18.5 Å². The maximum atomic E-state index is 9.22. The van der Waals surface area contributed by atoms with E-state index < -0.39 is 0 Å². The Labute approximate surface area is 94.8 Å². The summed E-state index contributed by atoms with van der Waals surface area (Å²) < 4.78 is 0. The number of anilines is 1. The van der Waals surface area contributed by atoms with Crippen LogP contribution in [0, 0.1) is 19.8 Å². The van der Waals surface area contributed by atoms with Gasteiger partial charge >= 0.3 is 0 Å². The smallest absolute Gasteiger partial charge is 0.185 e. The SMILES string of the molecule is Cc1nc(N(C)CC2CC(O)C2)sc1C. The van der Waals surface area contributed by atoms with Gasteiger partial charge in [0.2, 0.25) is 0 Å². The van der Waals surface area contributed by atoms with Gasteiger partial charge < -0.3 is 10.0 Å². The third-order valence-electron chi connectivity index (χ3n) is 3.09. The minimum Gasteiger partial charge on any atom is -0.393 e. The van der Waals surface area contributed by atoms with Crippen molar-refractivity contribution in [1.29, 1.82) is 0 Å². The summed E-state index contributed by atoms with van der Waals surface area (Å²) in [6.45, 7) is 5.18. The third kappa shape index (κ3) is 2.32. The van der Waals surface area contributed by atoms with Crippen LogP contribution in [-0.2, 0) is 0 Å². The van der Waals surface area contributed by atoms with E-state index in [9.17, 15) is 5.11 Å². The van der Waals surface area contributed by atoms with Gasteiger partial charge in [-0.1, -0.05) is 0 Å². The van der Waals surface area contributed by atoms with Gasteiger partial charge in [-0.25, -0.2) is 4.98 Å². The summed E-state index contributed by atoms with van der Waals surface area (Å²) in [5, 5.41) is 10.3. The molecule has 1 N–H and O–H groups in total. The van der Waals surface area contributed by atoms with Crippen molar-refractivity contribution >= 4 is 16.5 Å². The predicted octanol–water partition coefficient (Wildman–Crippen LogP) is 1.97. The zero-order chi connectivity index (χ0) is 11.0. The molecule has 1 heterocycles. The zero-order valence-corrected chi connectivity index (χ0v) is 10.3. The van der Waals surface area contributed by atoms with Crippen LogP contribution in [0.5, 0.6) is 0 Å². The molecule has 4 heteroatoms. The number of rotatable bonds is 3. The molecular formula is C11H18N2OS. The molecule has 84 valence electrons. The van der Waals surface area contributed by atoms with Gasteiger partial charge in [0.15, 0.2) is 5.13 Å². The fraction of sp³-hybridized carbons (Fsp3) is 0.727. The molecule has 1 aromatic rings. The summed E-state index contributed by atoms with van der Waals surface area (Å²) in [4.78, 5) is 8.03. The normalized spacial score (nSPS) is 25.1. The van der Waals surface area contributed by atoms with Crippen LogP contribution in [0.3, 0.4) is 0 Å². The highest BCUT2D eigenvalue weighted by Gasteiger charge is 2.28. The highest BCUT2D eigenvalue weighted by Crippen LogP contribution is 2.30. The Balaban J connectivity index is 1.93. The number of thiazole rings is 1. The Bertz CT molecular complexity index is 325. The monoisotopic (exact) mass is 226 g/mol. The molecule has 15 heavy (non-hydrogen) atoms. The first-order valence-corrected chi connectivity index (χ1v) is 6.21. The maximum Gasteiger partial charge on any atom is 0.185 e. The second-order valence-electron chi connectivity index (χ2n) is 4.51. The number of nitrogens with zero attached hydrogens (tertiary/aromatic N) is 2. The largest absolute Gasteiger partial charge is 0.393 e. The van der Waals surface area contributed by atoms with E-state index in [4.69, 9.17) is 0 Å². The lowest BCUT2D eigenvalue weighted by molar-refractivity contribution is 0.0465. The second-order valence-corrected chi connectivity index (χ2v) is 5.69. The van der Waals surface area contributed by atoms with Crippen molar-refractivity contribution in [2.45, 2.75) is 32.8 Å². The molecule has 0 amide bonds. The molecule has 0 saturated heterocycles. The van der Waals surface area contributed by atoms with Gasteiger partial charge in [-0.3, -0.25) is 0 Å². The molecule has 2 rings (SSSR count). The van der Waals surface area contributed by atoms with E-state index >= 15 is 0 Å². The number of aliphatic hydroxyl groups excluding tert-OH is 1. The van der Waals surface area contributed by atoms with Crippen molar-refractivity contribution in [3.05, 3.63) is 10.6 Å². The fourth-order valence-corrected chi connectivity index (χ4v) is 2.81. The molecule has 0 unspecified atom stereocenters. The van der Waals surface area contributed by atoms with Crippen molar-refractivity contribution in [2.24, 2.45) is 5.92 Å². The minimum absolute atomic E-state index is 0.0526. The highest BCUT2D eigenvalue weighted by atomic mass is 32.1. The molecule has 1 aliphatic carbocycles. The summed E-state index contributed by atoms with van der Waals surface area (Å²) in [5.74, 6) is 0.648. The topological polar surface area (TPSA) is 36.4 Å². The van der Waals surface area contributed by atoms with Crippen LogP contribution in [0.1, 0.15) is 23.4 Å². The Morgan fingerprint density at radius 2 is 2.13 bits per heavy atom. The number of aryl methyl sites for hydroxylation is 2. The van der Waals surface area contributed by atoms with Crippen molar-refractivity contribution in [1.82, 2.24) is 4.98 Å². The molecule has 0 radical (unpaired) electrons. The van der Waals surface area contributed by atoms with Crippen molar-refractivity contribution < 1.29 is 5.11 Å². The van der Waals surface area contributed by atoms with E-state index in [0.29, 0.717) is 5.92 Å². The van der Waals surface area contributed by atoms with Gasteiger partial charge in [0.1, 0.15) is 0 Å². The predicted molar refractivity (Wildman–Crippen MR) is 63.6 cm³/mol. The van der Waals surface area contributed by atoms with Gasteiger partial charge in [0.05, 0.1) is 11.8 Å². The maximum absolute atomic E-state index is 9.22. The lowest BCUT2D eigenvalue weighted by Gasteiger charge is -2.34. The van der Waals surface area contributed by atoms with E-state index in [1.54, 1.807) is 11.3 Å². The molecule has 0 aliphatic heterocycles. The van der Waals surface area contributed by atoms with Crippen LogP contribution >= 0.6 is 11.3 Å². The summed E-state index contributed by atoms with van der Waals surface area (Å²) in [6, 6.07) is 0. The van der Waals surface area contributed by atoms with Crippen LogP contribution in [-0.4, -0.2) is 29.8 Å². The number of hydrogen-bond acceptors (Lipinski definition) is 4. The number of aromatic nitrogens is 1. The standard InChI is InChI=1S/C11H18N2OS/c1-7-8(2)15-11(12-7)13(3)6-9-4-10(14)5-9/h9-10,14H,4-6H2,1-3H3. The van der Waals surface area contributed by atoms with Crippen molar-refractivity contribution in [2.75, 3.05) is 18.5 Å². The third-order valence-corrected chi connectivity index (χ3v) is 4.27. The summed E-state index contributed by atoms with van der Waals surface area (Å²) in [5.41, 5.74) is 1.13. The van der Waals surface area contributed by atoms with E-state index in [1.807, 2.05) is 0 Å². The molecule has 1 fully saturated rings. The number of hydrogen-bond donors (Lipinski definition) is 1. The molecule has 1 aliphatic rings. The Hall–Kier alpha value is -0.610. The second kappa shape index (κ2) is 4.10. The molecule has 1 aromatic heterocycles. The zero-order valence-electron chi connectivity index (χ0n) is 9.53. The lowest BCUT2D eigenvalue weighted by Crippen LogP contribution is -2.37. The van der Waals surface area contributed by atoms with Gasteiger partial charge in [-0.15, -0.1) is 11.3 Å².